The fraction of sp³-hybridized carbons (Fsp3) is 0.188. The van der Waals surface area contributed by atoms with E-state index in [9.17, 15) is 13.2 Å². The number of halogens is 1. The minimum absolute atomic E-state index is 0.0423. The number of amides is 1. The molecule has 1 amide bonds. The number of anilines is 1. The predicted octanol–water partition coefficient (Wildman–Crippen LogP) is 2.65. The van der Waals surface area contributed by atoms with E-state index in [4.69, 9.17) is 16.3 Å². The summed E-state index contributed by atoms with van der Waals surface area (Å²) in [5, 5.41) is 2.96. The van der Waals surface area contributed by atoms with Gasteiger partial charge in [-0.1, -0.05) is 23.7 Å². The maximum Gasteiger partial charge on any atom is 0.242 e. The van der Waals surface area contributed by atoms with Crippen LogP contribution in [0.4, 0.5) is 5.69 Å². The minimum atomic E-state index is -3.83. The number of carbonyl (C=O) groups excluding carboxylic acids is 1. The van der Waals surface area contributed by atoms with E-state index >= 15 is 0 Å². The van der Waals surface area contributed by atoms with Crippen LogP contribution in [0.2, 0.25) is 5.02 Å². The van der Waals surface area contributed by atoms with Gasteiger partial charge in [0, 0.05) is 0 Å². The van der Waals surface area contributed by atoms with E-state index in [2.05, 4.69) is 10.0 Å². The fourth-order valence-corrected chi connectivity index (χ4v) is 3.30. The molecule has 1 atom stereocenters. The molecule has 8 heteroatoms. The van der Waals surface area contributed by atoms with Gasteiger partial charge in [-0.15, -0.1) is 0 Å². The highest BCUT2D eigenvalue weighted by atomic mass is 35.5. The van der Waals surface area contributed by atoms with Gasteiger partial charge in [-0.25, -0.2) is 8.42 Å². The van der Waals surface area contributed by atoms with Crippen LogP contribution in [-0.4, -0.2) is 27.5 Å². The summed E-state index contributed by atoms with van der Waals surface area (Å²) in [6.45, 7) is 1.45. The van der Waals surface area contributed by atoms with Gasteiger partial charge >= 0.3 is 0 Å². The van der Waals surface area contributed by atoms with Crippen molar-refractivity contribution in [3.63, 3.8) is 0 Å². The van der Waals surface area contributed by atoms with Gasteiger partial charge in [0.15, 0.2) is 0 Å². The molecule has 0 heterocycles. The van der Waals surface area contributed by atoms with Crippen LogP contribution < -0.4 is 14.8 Å². The maximum atomic E-state index is 12.3. The minimum Gasteiger partial charge on any atom is -0.497 e. The molecule has 24 heavy (non-hydrogen) atoms. The normalized spacial score (nSPS) is 12.5. The first-order chi connectivity index (χ1) is 11.3. The summed E-state index contributed by atoms with van der Waals surface area (Å²) in [5.74, 6) is 0.0265. The lowest BCUT2D eigenvalue weighted by atomic mass is 10.3. The SMILES string of the molecule is COc1ccc(S(=O)(=O)N[C@H](C)C(=O)Nc2ccccc2Cl)cc1. The number of benzene rings is 2. The zero-order valence-electron chi connectivity index (χ0n) is 13.1. The van der Waals surface area contributed by atoms with Gasteiger partial charge in [0.2, 0.25) is 15.9 Å². The van der Waals surface area contributed by atoms with Crippen molar-refractivity contribution in [2.24, 2.45) is 0 Å². The highest BCUT2D eigenvalue weighted by Gasteiger charge is 2.22. The molecular weight excluding hydrogens is 352 g/mol. The average molecular weight is 369 g/mol. The van der Waals surface area contributed by atoms with Crippen molar-refractivity contribution in [2.75, 3.05) is 12.4 Å². The lowest BCUT2D eigenvalue weighted by molar-refractivity contribution is -0.117. The second kappa shape index (κ2) is 7.65. The van der Waals surface area contributed by atoms with Gasteiger partial charge in [-0.2, -0.15) is 4.72 Å². The number of methoxy groups -OCH3 is 1. The van der Waals surface area contributed by atoms with E-state index in [0.29, 0.717) is 16.5 Å². The van der Waals surface area contributed by atoms with Crippen molar-refractivity contribution in [1.29, 1.82) is 0 Å². The van der Waals surface area contributed by atoms with E-state index in [-0.39, 0.29) is 4.90 Å². The molecular formula is C16H17ClN2O4S. The second-order valence-electron chi connectivity index (χ2n) is 4.99. The zero-order valence-corrected chi connectivity index (χ0v) is 14.7. The monoisotopic (exact) mass is 368 g/mol. The predicted molar refractivity (Wildman–Crippen MR) is 92.9 cm³/mol. The Hall–Kier alpha value is -2.09. The van der Waals surface area contributed by atoms with E-state index in [1.165, 1.54) is 38.3 Å². The molecule has 2 aromatic rings. The van der Waals surface area contributed by atoms with Gasteiger partial charge < -0.3 is 10.1 Å². The van der Waals surface area contributed by atoms with Crippen molar-refractivity contribution < 1.29 is 17.9 Å². The summed E-state index contributed by atoms with van der Waals surface area (Å²) in [6.07, 6.45) is 0. The third kappa shape index (κ3) is 4.47. The van der Waals surface area contributed by atoms with Crippen molar-refractivity contribution in [2.45, 2.75) is 17.9 Å². The zero-order chi connectivity index (χ0) is 17.7. The van der Waals surface area contributed by atoms with Crippen molar-refractivity contribution in [1.82, 2.24) is 4.72 Å². The standard InChI is InChI=1S/C16H17ClN2O4S/c1-11(16(20)18-15-6-4-3-5-14(15)17)19-24(21,22)13-9-7-12(23-2)8-10-13/h3-11,19H,1-2H3,(H,18,20)/t11-/m1/s1. The molecule has 128 valence electrons. The molecule has 0 saturated heterocycles. The molecule has 0 aliphatic heterocycles. The highest BCUT2D eigenvalue weighted by Crippen LogP contribution is 2.21. The number of sulfonamides is 1. The fourth-order valence-electron chi connectivity index (χ4n) is 1.91. The van der Waals surface area contributed by atoms with E-state index in [1.807, 2.05) is 0 Å². The Balaban J connectivity index is 2.08. The molecule has 0 spiro atoms. The number of rotatable bonds is 6. The average Bonchev–Trinajstić information content (AvgIpc) is 2.56. The molecule has 0 unspecified atom stereocenters. The smallest absolute Gasteiger partial charge is 0.242 e. The molecule has 0 aliphatic rings. The lowest BCUT2D eigenvalue weighted by Gasteiger charge is -2.15. The molecule has 0 fully saturated rings. The third-order valence-electron chi connectivity index (χ3n) is 3.23. The number of carbonyl (C=O) groups is 1. The van der Waals surface area contributed by atoms with E-state index in [1.54, 1.807) is 24.3 Å². The molecule has 0 bridgehead atoms. The van der Waals surface area contributed by atoms with Gasteiger partial charge in [-0.05, 0) is 43.3 Å². The Morgan fingerprint density at radius 3 is 2.33 bits per heavy atom. The first-order valence-corrected chi connectivity index (χ1v) is 8.91. The summed E-state index contributed by atoms with van der Waals surface area (Å²) < 4.78 is 31.9. The van der Waals surface area contributed by atoms with Crippen LogP contribution in [0.1, 0.15) is 6.92 Å². The molecule has 2 N–H and O–H groups in total. The summed E-state index contributed by atoms with van der Waals surface area (Å²) in [6, 6.07) is 11.6. The third-order valence-corrected chi connectivity index (χ3v) is 5.11. The Morgan fingerprint density at radius 2 is 1.75 bits per heavy atom. The molecule has 2 rings (SSSR count). The van der Waals surface area contributed by atoms with Crippen LogP contribution in [0.3, 0.4) is 0 Å². The summed E-state index contributed by atoms with van der Waals surface area (Å²) in [4.78, 5) is 12.2. The molecule has 0 aromatic heterocycles. The van der Waals surface area contributed by atoms with Crippen LogP contribution in [0, 0.1) is 0 Å². The van der Waals surface area contributed by atoms with Gasteiger partial charge in [0.25, 0.3) is 0 Å². The molecule has 0 radical (unpaired) electrons. The topological polar surface area (TPSA) is 84.5 Å². The number of nitrogens with one attached hydrogen (secondary N) is 2. The summed E-state index contributed by atoms with van der Waals surface area (Å²) in [7, 11) is -2.34. The van der Waals surface area contributed by atoms with Crippen LogP contribution in [0.5, 0.6) is 5.75 Å². The highest BCUT2D eigenvalue weighted by molar-refractivity contribution is 7.89. The van der Waals surface area contributed by atoms with E-state index in [0.717, 1.165) is 0 Å². The first-order valence-electron chi connectivity index (χ1n) is 7.05. The Bertz CT molecular complexity index is 822. The Kier molecular flexibility index (Phi) is 5.82. The summed E-state index contributed by atoms with van der Waals surface area (Å²) in [5.41, 5.74) is 0.416. The quantitative estimate of drug-likeness (QED) is 0.820. The number of ether oxygens (including phenoxy) is 1. The lowest BCUT2D eigenvalue weighted by Crippen LogP contribution is -2.41. The van der Waals surface area contributed by atoms with Gasteiger partial charge in [-0.3, -0.25) is 4.79 Å². The van der Waals surface area contributed by atoms with Gasteiger partial charge in [0.1, 0.15) is 5.75 Å². The molecule has 2 aromatic carbocycles. The maximum absolute atomic E-state index is 12.3. The van der Waals surface area contributed by atoms with Crippen LogP contribution in [0.25, 0.3) is 0 Å². The number of hydrogen-bond acceptors (Lipinski definition) is 4. The number of para-hydroxylation sites is 1. The van der Waals surface area contributed by atoms with Crippen LogP contribution >= 0.6 is 11.6 Å². The largest absolute Gasteiger partial charge is 0.497 e. The summed E-state index contributed by atoms with van der Waals surface area (Å²) >= 11 is 5.97. The van der Waals surface area contributed by atoms with Crippen molar-refractivity contribution in [3.8, 4) is 5.75 Å². The molecule has 6 nitrogen and oxygen atoms in total. The Morgan fingerprint density at radius 1 is 1.12 bits per heavy atom. The Labute approximate surface area is 145 Å². The van der Waals surface area contributed by atoms with Crippen LogP contribution in [-0.2, 0) is 14.8 Å². The van der Waals surface area contributed by atoms with Crippen LogP contribution in [0.15, 0.2) is 53.4 Å². The van der Waals surface area contributed by atoms with Crippen molar-refractivity contribution in [3.05, 3.63) is 53.6 Å². The van der Waals surface area contributed by atoms with Gasteiger partial charge in [0.05, 0.1) is 28.8 Å². The van der Waals surface area contributed by atoms with Crippen molar-refractivity contribution >= 4 is 33.2 Å². The second-order valence-corrected chi connectivity index (χ2v) is 7.11. The van der Waals surface area contributed by atoms with E-state index < -0.39 is 22.0 Å². The molecule has 0 saturated carbocycles. The first kappa shape index (κ1) is 18.3. The number of hydrogen-bond donors (Lipinski definition) is 2. The molecule has 0 aliphatic carbocycles.